The largest absolute Gasteiger partial charge is 0.490 e. The van der Waals surface area contributed by atoms with E-state index >= 15 is 0 Å². The van der Waals surface area contributed by atoms with Crippen molar-refractivity contribution in [1.29, 1.82) is 0 Å². The highest BCUT2D eigenvalue weighted by molar-refractivity contribution is 6.07. The van der Waals surface area contributed by atoms with Crippen LogP contribution in [0.4, 0.5) is 10.1 Å². The van der Waals surface area contributed by atoms with Crippen LogP contribution in [-0.2, 0) is 0 Å². The van der Waals surface area contributed by atoms with Crippen molar-refractivity contribution in [2.24, 2.45) is 0 Å². The number of nitrogen functional groups attached to an aromatic ring is 1. The molecule has 0 aliphatic carbocycles. The minimum absolute atomic E-state index is 0.128. The summed E-state index contributed by atoms with van der Waals surface area (Å²) in [6.07, 6.45) is 0. The summed E-state index contributed by atoms with van der Waals surface area (Å²) in [5.41, 5.74) is 6.39. The molecule has 1 aromatic carbocycles. The maximum absolute atomic E-state index is 13.4. The predicted octanol–water partition coefficient (Wildman–Crippen LogP) is 0.879. The number of ketones is 1. The normalized spacial score (nSPS) is 19.2. The van der Waals surface area contributed by atoms with E-state index in [1.165, 1.54) is 0 Å². The lowest BCUT2D eigenvalue weighted by Crippen LogP contribution is -2.43. The summed E-state index contributed by atoms with van der Waals surface area (Å²) in [7, 11) is 1.67. The van der Waals surface area contributed by atoms with Crippen molar-refractivity contribution in [2.45, 2.75) is 13.0 Å². The quantitative estimate of drug-likeness (QED) is 0.695. The zero-order valence-electron chi connectivity index (χ0n) is 9.13. The van der Waals surface area contributed by atoms with Crippen molar-refractivity contribution in [3.05, 3.63) is 23.0 Å². The SMILES string of the molecule is CNC1COc2c(C)c(F)cc(N)c2C1=O. The van der Waals surface area contributed by atoms with Crippen LogP contribution in [0, 0.1) is 12.7 Å². The van der Waals surface area contributed by atoms with Crippen molar-refractivity contribution in [3.8, 4) is 5.75 Å². The summed E-state index contributed by atoms with van der Waals surface area (Å²) in [5.74, 6) is -0.328. The van der Waals surface area contributed by atoms with E-state index in [-0.39, 0.29) is 29.4 Å². The van der Waals surface area contributed by atoms with E-state index in [2.05, 4.69) is 5.32 Å². The number of hydrogen-bond acceptors (Lipinski definition) is 4. The molecule has 5 heteroatoms. The standard InChI is InChI=1S/C11H13FN2O2/c1-5-6(12)3-7(13)9-10(15)8(14-2)4-16-11(5)9/h3,8,14H,4,13H2,1-2H3. The highest BCUT2D eigenvalue weighted by Crippen LogP contribution is 2.34. The monoisotopic (exact) mass is 224 g/mol. The fourth-order valence-electron chi connectivity index (χ4n) is 1.81. The molecule has 0 amide bonds. The molecular weight excluding hydrogens is 211 g/mol. The lowest BCUT2D eigenvalue weighted by Gasteiger charge is -2.26. The lowest BCUT2D eigenvalue weighted by molar-refractivity contribution is 0.0877. The number of ether oxygens (including phenoxy) is 1. The molecule has 0 saturated heterocycles. The second-order valence-electron chi connectivity index (χ2n) is 3.79. The van der Waals surface area contributed by atoms with E-state index in [4.69, 9.17) is 10.5 Å². The molecule has 0 bridgehead atoms. The van der Waals surface area contributed by atoms with Crippen LogP contribution >= 0.6 is 0 Å². The first-order valence-electron chi connectivity index (χ1n) is 4.99. The zero-order valence-corrected chi connectivity index (χ0v) is 9.13. The lowest BCUT2D eigenvalue weighted by atomic mass is 9.96. The second-order valence-corrected chi connectivity index (χ2v) is 3.79. The van der Waals surface area contributed by atoms with Crippen molar-refractivity contribution >= 4 is 11.5 Å². The van der Waals surface area contributed by atoms with Gasteiger partial charge in [0.05, 0.1) is 5.56 Å². The molecule has 4 nitrogen and oxygen atoms in total. The highest BCUT2D eigenvalue weighted by atomic mass is 19.1. The van der Waals surface area contributed by atoms with E-state index in [1.807, 2.05) is 0 Å². The summed E-state index contributed by atoms with van der Waals surface area (Å²) in [4.78, 5) is 12.0. The Hall–Kier alpha value is -1.62. The third-order valence-electron chi connectivity index (χ3n) is 2.80. The summed E-state index contributed by atoms with van der Waals surface area (Å²) in [6.45, 7) is 1.77. The van der Waals surface area contributed by atoms with Crippen LogP contribution in [0.5, 0.6) is 5.75 Å². The molecule has 2 rings (SSSR count). The number of carbonyl (C=O) groups excluding carboxylic acids is 1. The molecule has 1 aromatic rings. The van der Waals surface area contributed by atoms with Crippen molar-refractivity contribution in [1.82, 2.24) is 5.32 Å². The number of Topliss-reactive ketones (excluding diaryl/α,β-unsaturated/α-hetero) is 1. The Morgan fingerprint density at radius 1 is 1.62 bits per heavy atom. The Morgan fingerprint density at radius 2 is 2.31 bits per heavy atom. The number of anilines is 1. The highest BCUT2D eigenvalue weighted by Gasteiger charge is 2.31. The van der Waals surface area contributed by atoms with E-state index in [0.29, 0.717) is 5.56 Å². The Labute approximate surface area is 92.6 Å². The molecule has 0 aromatic heterocycles. The third kappa shape index (κ3) is 1.44. The molecule has 16 heavy (non-hydrogen) atoms. The van der Waals surface area contributed by atoms with Crippen LogP contribution in [0.3, 0.4) is 0 Å². The van der Waals surface area contributed by atoms with Crippen LogP contribution in [0.15, 0.2) is 6.07 Å². The van der Waals surface area contributed by atoms with Crippen LogP contribution in [0.25, 0.3) is 0 Å². The van der Waals surface area contributed by atoms with Gasteiger partial charge in [-0.1, -0.05) is 0 Å². The number of nitrogens with one attached hydrogen (secondary N) is 1. The van der Waals surface area contributed by atoms with E-state index in [1.54, 1.807) is 14.0 Å². The smallest absolute Gasteiger partial charge is 0.189 e. The van der Waals surface area contributed by atoms with Gasteiger partial charge in [-0.15, -0.1) is 0 Å². The number of rotatable bonds is 1. The van der Waals surface area contributed by atoms with Gasteiger partial charge < -0.3 is 15.8 Å². The van der Waals surface area contributed by atoms with Crippen LogP contribution in [-0.4, -0.2) is 25.5 Å². The Balaban J connectivity index is 2.61. The molecule has 1 unspecified atom stereocenters. The molecule has 86 valence electrons. The van der Waals surface area contributed by atoms with Crippen molar-refractivity contribution in [3.63, 3.8) is 0 Å². The number of carbonyl (C=O) groups is 1. The number of hydrogen-bond donors (Lipinski definition) is 2. The molecular formula is C11H13FN2O2. The Kier molecular flexibility index (Phi) is 2.55. The van der Waals surface area contributed by atoms with Crippen molar-refractivity contribution < 1.29 is 13.9 Å². The van der Waals surface area contributed by atoms with Crippen LogP contribution in [0.1, 0.15) is 15.9 Å². The number of fused-ring (bicyclic) bond motifs is 1. The maximum atomic E-state index is 13.4. The van der Waals surface area contributed by atoms with Gasteiger partial charge in [0.15, 0.2) is 5.78 Å². The van der Waals surface area contributed by atoms with Gasteiger partial charge in [0.25, 0.3) is 0 Å². The molecule has 1 aliphatic heterocycles. The summed E-state index contributed by atoms with van der Waals surface area (Å²) in [5, 5.41) is 2.83. The average molecular weight is 224 g/mol. The minimum atomic E-state index is -0.452. The fourth-order valence-corrected chi connectivity index (χ4v) is 1.81. The molecule has 0 fully saturated rings. The summed E-state index contributed by atoms with van der Waals surface area (Å²) < 4.78 is 18.8. The fraction of sp³-hybridized carbons (Fsp3) is 0.364. The van der Waals surface area contributed by atoms with E-state index < -0.39 is 11.9 Å². The number of benzene rings is 1. The molecule has 3 N–H and O–H groups in total. The van der Waals surface area contributed by atoms with Gasteiger partial charge in [0.2, 0.25) is 0 Å². The van der Waals surface area contributed by atoms with E-state index in [0.717, 1.165) is 6.07 Å². The van der Waals surface area contributed by atoms with Gasteiger partial charge in [0, 0.05) is 11.3 Å². The van der Waals surface area contributed by atoms with Gasteiger partial charge in [-0.05, 0) is 20.0 Å². The van der Waals surface area contributed by atoms with Crippen LogP contribution < -0.4 is 15.8 Å². The zero-order chi connectivity index (χ0) is 11.9. The molecule has 1 aliphatic rings. The Morgan fingerprint density at radius 3 is 2.94 bits per heavy atom. The Bertz CT molecular complexity index is 460. The van der Waals surface area contributed by atoms with Crippen LogP contribution in [0.2, 0.25) is 0 Å². The van der Waals surface area contributed by atoms with Crippen molar-refractivity contribution in [2.75, 3.05) is 19.4 Å². The van der Waals surface area contributed by atoms with E-state index in [9.17, 15) is 9.18 Å². The molecule has 0 spiro atoms. The molecule has 1 heterocycles. The first kappa shape index (κ1) is 10.9. The number of halogens is 1. The summed E-state index contributed by atoms with van der Waals surface area (Å²) in [6, 6.07) is 0.743. The number of nitrogens with two attached hydrogens (primary N) is 1. The molecule has 1 atom stereocenters. The first-order valence-corrected chi connectivity index (χ1v) is 4.99. The minimum Gasteiger partial charge on any atom is -0.490 e. The predicted molar refractivity (Wildman–Crippen MR) is 58.2 cm³/mol. The topological polar surface area (TPSA) is 64.3 Å². The van der Waals surface area contributed by atoms with Gasteiger partial charge in [-0.3, -0.25) is 4.79 Å². The second kappa shape index (κ2) is 3.75. The van der Waals surface area contributed by atoms with Gasteiger partial charge >= 0.3 is 0 Å². The third-order valence-corrected chi connectivity index (χ3v) is 2.80. The van der Waals surface area contributed by atoms with Gasteiger partial charge in [0.1, 0.15) is 24.2 Å². The van der Waals surface area contributed by atoms with Gasteiger partial charge in [-0.2, -0.15) is 0 Å². The number of likely N-dealkylation sites (N-methyl/N-ethyl adjacent to an activating group) is 1. The molecule has 0 radical (unpaired) electrons. The molecule has 0 saturated carbocycles. The average Bonchev–Trinajstić information content (AvgIpc) is 2.25. The first-order chi connectivity index (χ1) is 7.56. The summed E-state index contributed by atoms with van der Waals surface area (Å²) >= 11 is 0. The van der Waals surface area contributed by atoms with Gasteiger partial charge in [-0.25, -0.2) is 4.39 Å². The maximum Gasteiger partial charge on any atom is 0.189 e.